The second-order valence-corrected chi connectivity index (χ2v) is 6.92. The molecule has 1 aliphatic rings. The van der Waals surface area contributed by atoms with Gasteiger partial charge >= 0.3 is 0 Å². The summed E-state index contributed by atoms with van der Waals surface area (Å²) in [4.78, 5) is 8.89. The summed E-state index contributed by atoms with van der Waals surface area (Å²) in [6.07, 6.45) is 5.14. The van der Waals surface area contributed by atoms with Crippen LogP contribution < -0.4 is 15.4 Å². The Labute approximate surface area is 160 Å². The normalized spacial score (nSPS) is 15.1. The molecule has 0 amide bonds. The van der Waals surface area contributed by atoms with Gasteiger partial charge in [-0.3, -0.25) is 0 Å². The van der Waals surface area contributed by atoms with E-state index in [4.69, 9.17) is 14.3 Å². The van der Waals surface area contributed by atoms with Gasteiger partial charge in [0.05, 0.1) is 19.2 Å². The molecule has 7 heteroatoms. The summed E-state index contributed by atoms with van der Waals surface area (Å²) >= 11 is 0. The van der Waals surface area contributed by atoms with E-state index in [1.165, 1.54) is 18.4 Å². The molecule has 1 saturated carbocycles. The van der Waals surface area contributed by atoms with Crippen molar-refractivity contribution < 1.29 is 9.26 Å². The van der Waals surface area contributed by atoms with Crippen molar-refractivity contribution in [3.8, 4) is 5.75 Å². The van der Waals surface area contributed by atoms with Crippen molar-refractivity contribution >= 4 is 5.96 Å². The maximum Gasteiger partial charge on any atom is 0.246 e. The van der Waals surface area contributed by atoms with Crippen LogP contribution in [0.5, 0.6) is 5.75 Å². The number of aliphatic imine (C=N–C) groups is 1. The van der Waals surface area contributed by atoms with E-state index in [-0.39, 0.29) is 0 Å². The predicted octanol–water partition coefficient (Wildman–Crippen LogP) is 3.26. The van der Waals surface area contributed by atoms with Gasteiger partial charge in [0, 0.05) is 12.1 Å². The Kier molecular flexibility index (Phi) is 6.68. The number of nitrogens with zero attached hydrogens (tertiary/aromatic N) is 3. The summed E-state index contributed by atoms with van der Waals surface area (Å²) in [6.45, 7) is 7.68. The zero-order valence-corrected chi connectivity index (χ0v) is 16.4. The summed E-state index contributed by atoms with van der Waals surface area (Å²) in [7, 11) is 0. The first-order chi connectivity index (χ1) is 13.1. The molecular weight excluding hydrogens is 342 g/mol. The highest BCUT2D eigenvalue weighted by molar-refractivity contribution is 5.79. The smallest absolute Gasteiger partial charge is 0.246 e. The molecule has 1 aromatic carbocycles. The number of guanidine groups is 1. The lowest BCUT2D eigenvalue weighted by Crippen LogP contribution is -2.36. The lowest BCUT2D eigenvalue weighted by molar-refractivity contribution is 0.208. The molecule has 1 aliphatic carbocycles. The lowest BCUT2D eigenvalue weighted by atomic mass is 10.1. The van der Waals surface area contributed by atoms with Gasteiger partial charge in [0.15, 0.2) is 11.8 Å². The number of aromatic nitrogens is 2. The van der Waals surface area contributed by atoms with E-state index < -0.39 is 0 Å². The van der Waals surface area contributed by atoms with E-state index in [1.807, 2.05) is 6.92 Å². The minimum absolute atomic E-state index is 0.335. The molecule has 3 rings (SSSR count). The van der Waals surface area contributed by atoms with E-state index in [9.17, 15) is 0 Å². The van der Waals surface area contributed by atoms with Gasteiger partial charge in [-0.15, -0.1) is 0 Å². The maximum absolute atomic E-state index is 6.27. The van der Waals surface area contributed by atoms with Crippen LogP contribution in [-0.4, -0.2) is 28.7 Å². The van der Waals surface area contributed by atoms with Crippen LogP contribution in [-0.2, 0) is 13.1 Å². The van der Waals surface area contributed by atoms with E-state index in [2.05, 4.69) is 45.9 Å². The van der Waals surface area contributed by atoms with Gasteiger partial charge < -0.3 is 19.9 Å². The molecule has 0 radical (unpaired) electrons. The minimum atomic E-state index is 0.335. The van der Waals surface area contributed by atoms with Gasteiger partial charge in [0.1, 0.15) is 5.75 Å². The Morgan fingerprint density at radius 1 is 1.26 bits per heavy atom. The van der Waals surface area contributed by atoms with Crippen molar-refractivity contribution in [1.82, 2.24) is 20.8 Å². The molecule has 27 heavy (non-hydrogen) atoms. The topological polar surface area (TPSA) is 84.6 Å². The number of rotatable bonds is 7. The van der Waals surface area contributed by atoms with Gasteiger partial charge in [-0.2, -0.15) is 4.98 Å². The molecule has 7 nitrogen and oxygen atoms in total. The molecule has 0 spiro atoms. The number of hydrogen-bond acceptors (Lipinski definition) is 5. The third-order valence-electron chi connectivity index (χ3n) is 4.55. The standard InChI is InChI=1S/C20H29N5O2/c1-4-21-20(23-13-19-24-15(3)25-27-19)22-12-16-10-9-14(2)11-18(16)26-17-7-5-6-8-17/h9-11,17H,4-8,12-13H2,1-3H3,(H2,21,22,23). The number of hydrogen-bond donors (Lipinski definition) is 2. The highest BCUT2D eigenvalue weighted by Gasteiger charge is 2.18. The quantitative estimate of drug-likeness (QED) is 0.574. The van der Waals surface area contributed by atoms with E-state index in [1.54, 1.807) is 6.92 Å². The van der Waals surface area contributed by atoms with Gasteiger partial charge in [-0.25, -0.2) is 4.99 Å². The average molecular weight is 371 g/mol. The van der Waals surface area contributed by atoms with Crippen molar-refractivity contribution in [2.75, 3.05) is 6.54 Å². The molecule has 1 fully saturated rings. The first kappa shape index (κ1) is 19.2. The van der Waals surface area contributed by atoms with Crippen LogP contribution in [0.1, 0.15) is 55.4 Å². The molecule has 0 unspecified atom stereocenters. The molecule has 0 saturated heterocycles. The molecule has 0 atom stereocenters. The summed E-state index contributed by atoms with van der Waals surface area (Å²) in [5, 5.41) is 10.3. The third-order valence-corrected chi connectivity index (χ3v) is 4.55. The lowest BCUT2D eigenvalue weighted by Gasteiger charge is -2.17. The molecule has 146 valence electrons. The van der Waals surface area contributed by atoms with Gasteiger partial charge in [-0.1, -0.05) is 17.3 Å². The van der Waals surface area contributed by atoms with Crippen LogP contribution in [0.4, 0.5) is 0 Å². The van der Waals surface area contributed by atoms with Crippen LogP contribution in [0.2, 0.25) is 0 Å². The fourth-order valence-corrected chi connectivity index (χ4v) is 3.17. The van der Waals surface area contributed by atoms with Crippen molar-refractivity contribution in [2.24, 2.45) is 4.99 Å². The Bertz CT molecular complexity index is 765. The van der Waals surface area contributed by atoms with Crippen molar-refractivity contribution in [2.45, 2.75) is 65.6 Å². The fourth-order valence-electron chi connectivity index (χ4n) is 3.17. The zero-order valence-electron chi connectivity index (χ0n) is 16.4. The summed E-state index contributed by atoms with van der Waals surface area (Å²) < 4.78 is 11.4. The Balaban J connectivity index is 1.67. The molecule has 0 aliphatic heterocycles. The highest BCUT2D eigenvalue weighted by atomic mass is 16.5. The van der Waals surface area contributed by atoms with Gasteiger partial charge in [-0.05, 0) is 58.1 Å². The Hall–Kier alpha value is -2.57. The van der Waals surface area contributed by atoms with Crippen LogP contribution in [0.25, 0.3) is 0 Å². The van der Waals surface area contributed by atoms with E-state index in [0.717, 1.165) is 30.7 Å². The van der Waals surface area contributed by atoms with Crippen LogP contribution in [0.3, 0.4) is 0 Å². The molecular formula is C20H29N5O2. The second kappa shape index (κ2) is 9.39. The first-order valence-electron chi connectivity index (χ1n) is 9.71. The van der Waals surface area contributed by atoms with E-state index >= 15 is 0 Å². The highest BCUT2D eigenvalue weighted by Crippen LogP contribution is 2.28. The third kappa shape index (κ3) is 5.70. The maximum atomic E-state index is 6.27. The van der Waals surface area contributed by atoms with Crippen LogP contribution >= 0.6 is 0 Å². The Morgan fingerprint density at radius 2 is 2.07 bits per heavy atom. The monoisotopic (exact) mass is 371 g/mol. The van der Waals surface area contributed by atoms with Crippen LogP contribution in [0.15, 0.2) is 27.7 Å². The molecule has 0 bridgehead atoms. The van der Waals surface area contributed by atoms with Crippen molar-refractivity contribution in [3.63, 3.8) is 0 Å². The zero-order chi connectivity index (χ0) is 19.1. The van der Waals surface area contributed by atoms with Gasteiger partial charge in [0.2, 0.25) is 5.89 Å². The minimum Gasteiger partial charge on any atom is -0.490 e. The average Bonchev–Trinajstić information content (AvgIpc) is 3.30. The number of ether oxygens (including phenoxy) is 1. The first-order valence-corrected chi connectivity index (χ1v) is 9.71. The largest absolute Gasteiger partial charge is 0.490 e. The number of aryl methyl sites for hydroxylation is 2. The second-order valence-electron chi connectivity index (χ2n) is 6.92. The van der Waals surface area contributed by atoms with Gasteiger partial charge in [0.25, 0.3) is 0 Å². The Morgan fingerprint density at radius 3 is 2.78 bits per heavy atom. The predicted molar refractivity (Wildman–Crippen MR) is 105 cm³/mol. The van der Waals surface area contributed by atoms with Crippen molar-refractivity contribution in [3.05, 3.63) is 41.0 Å². The SMILES string of the molecule is CCNC(=NCc1ccc(C)cc1OC1CCCC1)NCc1nc(C)no1. The van der Waals surface area contributed by atoms with E-state index in [0.29, 0.717) is 36.9 Å². The van der Waals surface area contributed by atoms with Crippen molar-refractivity contribution in [1.29, 1.82) is 0 Å². The fraction of sp³-hybridized carbons (Fsp3) is 0.550. The molecule has 1 aromatic heterocycles. The summed E-state index contributed by atoms with van der Waals surface area (Å²) in [5.74, 6) is 2.83. The number of benzene rings is 1. The molecule has 2 N–H and O–H groups in total. The summed E-state index contributed by atoms with van der Waals surface area (Å²) in [6, 6.07) is 6.33. The summed E-state index contributed by atoms with van der Waals surface area (Å²) in [5.41, 5.74) is 2.30. The van der Waals surface area contributed by atoms with Crippen LogP contribution in [0, 0.1) is 13.8 Å². The molecule has 2 aromatic rings. The number of nitrogens with one attached hydrogen (secondary N) is 2. The molecule has 1 heterocycles.